The second-order valence-electron chi connectivity index (χ2n) is 4.26. The third-order valence-corrected chi connectivity index (χ3v) is 2.98. The van der Waals surface area contributed by atoms with E-state index in [0.717, 1.165) is 11.6 Å². The van der Waals surface area contributed by atoms with Gasteiger partial charge >= 0.3 is 0 Å². The van der Waals surface area contributed by atoms with Gasteiger partial charge in [0.2, 0.25) is 0 Å². The number of nitrogens with one attached hydrogen (secondary N) is 1. The highest BCUT2D eigenvalue weighted by atomic mass is 19.2. The Morgan fingerprint density at radius 2 is 2.00 bits per heavy atom. The van der Waals surface area contributed by atoms with Crippen LogP contribution in [0.5, 0.6) is 5.75 Å². The minimum Gasteiger partial charge on any atom is -0.508 e. The van der Waals surface area contributed by atoms with Gasteiger partial charge in [-0.25, -0.2) is 8.78 Å². The van der Waals surface area contributed by atoms with E-state index in [0.29, 0.717) is 18.4 Å². The molecule has 20 heavy (non-hydrogen) atoms. The molecule has 0 atom stereocenters. The lowest BCUT2D eigenvalue weighted by atomic mass is 10.1. The molecule has 0 saturated heterocycles. The minimum atomic E-state index is -1.11. The van der Waals surface area contributed by atoms with Crippen LogP contribution in [0.1, 0.15) is 22.8 Å². The molecule has 2 rings (SSSR count). The zero-order valence-corrected chi connectivity index (χ0v) is 10.8. The lowest BCUT2D eigenvalue weighted by molar-refractivity contribution is 0.112. The van der Waals surface area contributed by atoms with Crippen LogP contribution in [0.2, 0.25) is 0 Å². The summed E-state index contributed by atoms with van der Waals surface area (Å²) < 4.78 is 27.1. The van der Waals surface area contributed by atoms with Crippen LogP contribution in [0.3, 0.4) is 0 Å². The number of phenols is 1. The number of carbonyl (C=O) groups is 1. The predicted octanol–water partition coefficient (Wildman–Crippen LogP) is 3.79. The van der Waals surface area contributed by atoms with E-state index < -0.39 is 11.6 Å². The summed E-state index contributed by atoms with van der Waals surface area (Å²) in [7, 11) is 0. The molecule has 104 valence electrons. The third-order valence-electron chi connectivity index (χ3n) is 2.98. The maximum Gasteiger partial charge on any atom is 0.182 e. The number of carbonyl (C=O) groups excluding carboxylic acids is 1. The first kappa shape index (κ1) is 14.0. The molecule has 0 fully saturated rings. The topological polar surface area (TPSA) is 49.3 Å². The molecule has 0 aromatic heterocycles. The summed E-state index contributed by atoms with van der Waals surface area (Å²) in [6.07, 6.45) is 1.04. The summed E-state index contributed by atoms with van der Waals surface area (Å²) in [6.45, 7) is 1.86. The molecule has 3 nitrogen and oxygen atoms in total. The van der Waals surface area contributed by atoms with Crippen molar-refractivity contribution in [1.29, 1.82) is 0 Å². The number of rotatable bonds is 4. The highest BCUT2D eigenvalue weighted by Gasteiger charge is 2.14. The normalized spacial score (nSPS) is 10.3. The number of aldehydes is 1. The molecule has 0 heterocycles. The van der Waals surface area contributed by atoms with Gasteiger partial charge in [0, 0.05) is 11.3 Å². The summed E-state index contributed by atoms with van der Waals surface area (Å²) in [5.41, 5.74) is 1.06. The first-order valence-corrected chi connectivity index (χ1v) is 6.09. The zero-order chi connectivity index (χ0) is 14.7. The standard InChI is InChI=1S/C15H13F2NO2/c1-2-9-7-11(20)4-6-13(9)18-15-10(8-19)3-5-12(16)14(15)17/h3-8,18,20H,2H2,1H3. The molecule has 0 aliphatic carbocycles. The maximum atomic E-state index is 13.8. The summed E-state index contributed by atoms with van der Waals surface area (Å²) in [6, 6.07) is 6.62. The van der Waals surface area contributed by atoms with Crippen molar-refractivity contribution >= 4 is 17.7 Å². The Bertz CT molecular complexity index is 657. The van der Waals surface area contributed by atoms with Crippen LogP contribution in [0.25, 0.3) is 0 Å². The minimum absolute atomic E-state index is 0.0269. The highest BCUT2D eigenvalue weighted by molar-refractivity contribution is 5.86. The lowest BCUT2D eigenvalue weighted by Crippen LogP contribution is -2.03. The molecule has 2 N–H and O–H groups in total. The van der Waals surface area contributed by atoms with Gasteiger partial charge in [0.05, 0.1) is 5.69 Å². The van der Waals surface area contributed by atoms with E-state index in [1.54, 1.807) is 6.07 Å². The van der Waals surface area contributed by atoms with Crippen molar-refractivity contribution in [2.75, 3.05) is 5.32 Å². The van der Waals surface area contributed by atoms with Crippen molar-refractivity contribution in [3.8, 4) is 5.75 Å². The van der Waals surface area contributed by atoms with E-state index in [1.807, 2.05) is 6.92 Å². The van der Waals surface area contributed by atoms with Crippen LogP contribution >= 0.6 is 0 Å². The van der Waals surface area contributed by atoms with Gasteiger partial charge in [-0.2, -0.15) is 0 Å². The molecule has 0 amide bonds. The number of halogens is 2. The fraction of sp³-hybridized carbons (Fsp3) is 0.133. The zero-order valence-electron chi connectivity index (χ0n) is 10.8. The number of phenolic OH excluding ortho intramolecular Hbond substituents is 1. The summed E-state index contributed by atoms with van der Waals surface area (Å²) >= 11 is 0. The van der Waals surface area contributed by atoms with Crippen molar-refractivity contribution in [3.63, 3.8) is 0 Å². The van der Waals surface area contributed by atoms with Gasteiger partial charge in [-0.3, -0.25) is 4.79 Å². The predicted molar refractivity (Wildman–Crippen MR) is 72.5 cm³/mol. The van der Waals surface area contributed by atoms with Crippen molar-refractivity contribution in [1.82, 2.24) is 0 Å². The van der Waals surface area contributed by atoms with Crippen LogP contribution in [-0.4, -0.2) is 11.4 Å². The van der Waals surface area contributed by atoms with E-state index in [-0.39, 0.29) is 17.0 Å². The average Bonchev–Trinajstić information content (AvgIpc) is 2.45. The Hall–Kier alpha value is -2.43. The first-order valence-electron chi connectivity index (χ1n) is 6.09. The molecular weight excluding hydrogens is 264 g/mol. The first-order chi connectivity index (χ1) is 9.56. The van der Waals surface area contributed by atoms with Crippen LogP contribution in [0, 0.1) is 11.6 Å². The number of hydrogen-bond acceptors (Lipinski definition) is 3. The van der Waals surface area contributed by atoms with Gasteiger partial charge in [-0.1, -0.05) is 6.92 Å². The monoisotopic (exact) mass is 277 g/mol. The second kappa shape index (κ2) is 5.69. The van der Waals surface area contributed by atoms with Gasteiger partial charge in [0.1, 0.15) is 5.75 Å². The van der Waals surface area contributed by atoms with Crippen molar-refractivity contribution in [3.05, 3.63) is 53.1 Å². The molecule has 0 unspecified atom stereocenters. The number of anilines is 2. The molecule has 0 aliphatic heterocycles. The molecular formula is C15H13F2NO2. The molecule has 0 radical (unpaired) electrons. The number of aromatic hydroxyl groups is 1. The number of aryl methyl sites for hydroxylation is 1. The Morgan fingerprint density at radius 3 is 2.65 bits per heavy atom. The van der Waals surface area contributed by atoms with Gasteiger partial charge < -0.3 is 10.4 Å². The van der Waals surface area contributed by atoms with E-state index in [2.05, 4.69) is 5.32 Å². The van der Waals surface area contributed by atoms with Crippen molar-refractivity contribution in [2.45, 2.75) is 13.3 Å². The Kier molecular flexibility index (Phi) is 3.98. The van der Waals surface area contributed by atoms with Gasteiger partial charge in [-0.15, -0.1) is 0 Å². The highest BCUT2D eigenvalue weighted by Crippen LogP contribution is 2.29. The fourth-order valence-electron chi connectivity index (χ4n) is 1.92. The Balaban J connectivity index is 2.49. The number of benzene rings is 2. The van der Waals surface area contributed by atoms with Crippen LogP contribution < -0.4 is 5.32 Å². The molecule has 0 aliphatic rings. The smallest absolute Gasteiger partial charge is 0.182 e. The largest absolute Gasteiger partial charge is 0.508 e. The van der Waals surface area contributed by atoms with Crippen LogP contribution in [0.15, 0.2) is 30.3 Å². The Labute approximate surface area is 114 Å². The molecule has 2 aromatic rings. The van der Waals surface area contributed by atoms with Crippen molar-refractivity contribution in [2.24, 2.45) is 0 Å². The lowest BCUT2D eigenvalue weighted by Gasteiger charge is -2.14. The maximum absolute atomic E-state index is 13.8. The molecule has 0 bridgehead atoms. The Morgan fingerprint density at radius 1 is 1.25 bits per heavy atom. The molecule has 2 aromatic carbocycles. The van der Waals surface area contributed by atoms with Gasteiger partial charge in [0.25, 0.3) is 0 Å². The van der Waals surface area contributed by atoms with E-state index in [4.69, 9.17) is 0 Å². The molecule has 5 heteroatoms. The van der Waals surface area contributed by atoms with Gasteiger partial charge in [-0.05, 0) is 42.3 Å². The quantitative estimate of drug-likeness (QED) is 0.660. The summed E-state index contributed by atoms with van der Waals surface area (Å²) in [4.78, 5) is 10.9. The van der Waals surface area contributed by atoms with Crippen molar-refractivity contribution < 1.29 is 18.7 Å². The van der Waals surface area contributed by atoms with E-state index in [1.165, 1.54) is 18.2 Å². The summed E-state index contributed by atoms with van der Waals surface area (Å²) in [5, 5.41) is 12.1. The second-order valence-corrected chi connectivity index (χ2v) is 4.26. The van der Waals surface area contributed by atoms with E-state index in [9.17, 15) is 18.7 Å². The third kappa shape index (κ3) is 2.61. The molecule has 0 saturated carbocycles. The van der Waals surface area contributed by atoms with Crippen LogP contribution in [0.4, 0.5) is 20.2 Å². The van der Waals surface area contributed by atoms with Crippen LogP contribution in [-0.2, 0) is 6.42 Å². The van der Waals surface area contributed by atoms with Gasteiger partial charge in [0.15, 0.2) is 17.9 Å². The SMILES string of the molecule is CCc1cc(O)ccc1Nc1c(C=O)ccc(F)c1F. The number of hydrogen-bond donors (Lipinski definition) is 2. The van der Waals surface area contributed by atoms with E-state index >= 15 is 0 Å². The fourth-order valence-corrected chi connectivity index (χ4v) is 1.92. The summed E-state index contributed by atoms with van der Waals surface area (Å²) in [5.74, 6) is -2.05. The molecule has 0 spiro atoms. The average molecular weight is 277 g/mol.